The fourth-order valence-electron chi connectivity index (χ4n) is 2.00. The Hall–Kier alpha value is -2.63. The first kappa shape index (κ1) is 16.7. The average Bonchev–Trinajstić information content (AvgIpc) is 2.51. The maximum Gasteiger partial charge on any atom is 0.270 e. The molecule has 1 aromatic carbocycles. The van der Waals surface area contributed by atoms with E-state index in [1.807, 2.05) is 38.1 Å². The SMILES string of the molecule is CC(C)Oc1ccc(CCNC(=O)c2cc(=O)n(C)cn2)cc1. The Bertz CT molecular complexity index is 721. The van der Waals surface area contributed by atoms with E-state index in [1.54, 1.807) is 7.05 Å². The standard InChI is InChI=1S/C17H21N3O3/c1-12(2)23-14-6-4-13(5-7-14)8-9-18-17(22)15-10-16(21)20(3)11-19-15/h4-7,10-12H,8-9H2,1-3H3,(H,18,22). The molecule has 6 nitrogen and oxygen atoms in total. The molecule has 0 bridgehead atoms. The third kappa shape index (κ3) is 4.95. The Morgan fingerprint density at radius 2 is 2.00 bits per heavy atom. The van der Waals surface area contributed by atoms with Crippen LogP contribution in [0.15, 0.2) is 41.5 Å². The highest BCUT2D eigenvalue weighted by Crippen LogP contribution is 2.13. The molecule has 1 N–H and O–H groups in total. The maximum atomic E-state index is 11.9. The summed E-state index contributed by atoms with van der Waals surface area (Å²) < 4.78 is 6.90. The summed E-state index contributed by atoms with van der Waals surface area (Å²) in [6, 6.07) is 9.01. The number of amides is 1. The van der Waals surface area contributed by atoms with Gasteiger partial charge < -0.3 is 14.6 Å². The van der Waals surface area contributed by atoms with Gasteiger partial charge in [0.2, 0.25) is 0 Å². The topological polar surface area (TPSA) is 73.2 Å². The molecule has 23 heavy (non-hydrogen) atoms. The predicted octanol–water partition coefficient (Wildman–Crippen LogP) is 1.54. The first-order valence-corrected chi connectivity index (χ1v) is 7.52. The molecule has 0 saturated carbocycles. The van der Waals surface area contributed by atoms with Gasteiger partial charge in [0.25, 0.3) is 11.5 Å². The lowest BCUT2D eigenvalue weighted by molar-refractivity contribution is 0.0948. The molecule has 122 valence electrons. The second-order valence-corrected chi connectivity index (χ2v) is 5.54. The average molecular weight is 315 g/mol. The number of carbonyl (C=O) groups is 1. The van der Waals surface area contributed by atoms with Crippen molar-refractivity contribution in [2.45, 2.75) is 26.4 Å². The number of hydrogen-bond acceptors (Lipinski definition) is 4. The first-order valence-electron chi connectivity index (χ1n) is 7.52. The minimum absolute atomic E-state index is 0.133. The molecule has 2 rings (SSSR count). The number of benzene rings is 1. The van der Waals surface area contributed by atoms with E-state index in [1.165, 1.54) is 17.0 Å². The number of rotatable bonds is 6. The van der Waals surface area contributed by atoms with Crippen molar-refractivity contribution in [3.8, 4) is 5.75 Å². The van der Waals surface area contributed by atoms with Gasteiger partial charge in [-0.3, -0.25) is 9.59 Å². The lowest BCUT2D eigenvalue weighted by atomic mass is 10.1. The van der Waals surface area contributed by atoms with Gasteiger partial charge in [0, 0.05) is 19.7 Å². The van der Waals surface area contributed by atoms with Crippen molar-refractivity contribution in [1.82, 2.24) is 14.9 Å². The van der Waals surface area contributed by atoms with Crippen LogP contribution < -0.4 is 15.6 Å². The largest absolute Gasteiger partial charge is 0.491 e. The Balaban J connectivity index is 1.85. The van der Waals surface area contributed by atoms with E-state index in [2.05, 4.69) is 10.3 Å². The second-order valence-electron chi connectivity index (χ2n) is 5.54. The first-order chi connectivity index (χ1) is 11.0. The number of carbonyl (C=O) groups excluding carboxylic acids is 1. The third-order valence-corrected chi connectivity index (χ3v) is 3.20. The molecule has 1 amide bonds. The van der Waals surface area contributed by atoms with E-state index in [0.29, 0.717) is 13.0 Å². The minimum Gasteiger partial charge on any atom is -0.491 e. The highest BCUT2D eigenvalue weighted by atomic mass is 16.5. The van der Waals surface area contributed by atoms with Gasteiger partial charge in [-0.2, -0.15) is 0 Å². The van der Waals surface area contributed by atoms with Crippen LogP contribution in [0.1, 0.15) is 29.9 Å². The smallest absolute Gasteiger partial charge is 0.270 e. The van der Waals surface area contributed by atoms with Crippen LogP contribution in [0.5, 0.6) is 5.75 Å². The van der Waals surface area contributed by atoms with Crippen LogP contribution in [0.4, 0.5) is 0 Å². The van der Waals surface area contributed by atoms with Gasteiger partial charge in [-0.1, -0.05) is 12.1 Å². The lowest BCUT2D eigenvalue weighted by Gasteiger charge is -2.10. The summed E-state index contributed by atoms with van der Waals surface area (Å²) in [6.45, 7) is 4.43. The minimum atomic E-state index is -0.345. The molecule has 1 heterocycles. The Morgan fingerprint density at radius 1 is 1.30 bits per heavy atom. The molecule has 0 aliphatic carbocycles. The van der Waals surface area contributed by atoms with E-state index >= 15 is 0 Å². The van der Waals surface area contributed by atoms with Crippen molar-refractivity contribution in [3.05, 3.63) is 58.3 Å². The molecule has 0 atom stereocenters. The summed E-state index contributed by atoms with van der Waals surface area (Å²) in [4.78, 5) is 27.3. The van der Waals surface area contributed by atoms with Crippen LogP contribution >= 0.6 is 0 Å². The number of nitrogens with one attached hydrogen (secondary N) is 1. The second kappa shape index (κ2) is 7.58. The number of ether oxygens (including phenoxy) is 1. The van der Waals surface area contributed by atoms with Crippen molar-refractivity contribution in [3.63, 3.8) is 0 Å². The zero-order valence-corrected chi connectivity index (χ0v) is 13.6. The molecule has 0 radical (unpaired) electrons. The summed E-state index contributed by atoms with van der Waals surface area (Å²) in [7, 11) is 1.59. The van der Waals surface area contributed by atoms with Crippen LogP contribution in [0, 0.1) is 0 Å². The highest BCUT2D eigenvalue weighted by Gasteiger charge is 2.08. The Labute approximate surface area is 135 Å². The van der Waals surface area contributed by atoms with E-state index in [4.69, 9.17) is 4.74 Å². The summed E-state index contributed by atoms with van der Waals surface area (Å²) >= 11 is 0. The van der Waals surface area contributed by atoms with Crippen molar-refractivity contribution < 1.29 is 9.53 Å². The molecule has 6 heteroatoms. The number of nitrogens with zero attached hydrogens (tertiary/aromatic N) is 2. The summed E-state index contributed by atoms with van der Waals surface area (Å²) in [5, 5.41) is 2.76. The third-order valence-electron chi connectivity index (χ3n) is 3.20. The summed E-state index contributed by atoms with van der Waals surface area (Å²) in [6.07, 6.45) is 2.18. The zero-order chi connectivity index (χ0) is 16.8. The predicted molar refractivity (Wildman–Crippen MR) is 87.7 cm³/mol. The quantitative estimate of drug-likeness (QED) is 0.877. The fraction of sp³-hybridized carbons (Fsp3) is 0.353. The lowest BCUT2D eigenvalue weighted by Crippen LogP contribution is -2.29. The van der Waals surface area contributed by atoms with Crippen molar-refractivity contribution in [2.75, 3.05) is 6.54 Å². The van der Waals surface area contributed by atoms with Gasteiger partial charge in [0.1, 0.15) is 11.4 Å². The Morgan fingerprint density at radius 3 is 2.61 bits per heavy atom. The van der Waals surface area contributed by atoms with E-state index < -0.39 is 0 Å². The molecule has 0 aliphatic rings. The summed E-state index contributed by atoms with van der Waals surface area (Å²) in [5.74, 6) is 0.486. The van der Waals surface area contributed by atoms with Gasteiger partial charge in [-0.05, 0) is 38.0 Å². The summed E-state index contributed by atoms with van der Waals surface area (Å²) in [5.41, 5.74) is 0.970. The molecular formula is C17H21N3O3. The van der Waals surface area contributed by atoms with Crippen LogP contribution in [0.25, 0.3) is 0 Å². The van der Waals surface area contributed by atoms with Crippen molar-refractivity contribution in [2.24, 2.45) is 7.05 Å². The molecule has 0 unspecified atom stereocenters. The van der Waals surface area contributed by atoms with Gasteiger partial charge in [0.15, 0.2) is 0 Å². The van der Waals surface area contributed by atoms with Gasteiger partial charge in [-0.25, -0.2) is 4.98 Å². The normalized spacial score (nSPS) is 10.6. The van der Waals surface area contributed by atoms with E-state index in [-0.39, 0.29) is 23.3 Å². The molecule has 2 aromatic rings. The molecule has 0 spiro atoms. The van der Waals surface area contributed by atoms with Crippen LogP contribution in [-0.2, 0) is 13.5 Å². The van der Waals surface area contributed by atoms with Crippen LogP contribution in [0.3, 0.4) is 0 Å². The van der Waals surface area contributed by atoms with Crippen LogP contribution in [0.2, 0.25) is 0 Å². The maximum absolute atomic E-state index is 11.9. The van der Waals surface area contributed by atoms with Crippen LogP contribution in [-0.4, -0.2) is 28.1 Å². The van der Waals surface area contributed by atoms with Crippen molar-refractivity contribution >= 4 is 5.91 Å². The molecule has 0 aliphatic heterocycles. The highest BCUT2D eigenvalue weighted by molar-refractivity contribution is 5.92. The van der Waals surface area contributed by atoms with E-state index in [9.17, 15) is 9.59 Å². The number of aryl methyl sites for hydroxylation is 1. The molecule has 0 saturated heterocycles. The van der Waals surface area contributed by atoms with Gasteiger partial charge >= 0.3 is 0 Å². The van der Waals surface area contributed by atoms with Gasteiger partial charge in [0.05, 0.1) is 12.4 Å². The number of aromatic nitrogens is 2. The van der Waals surface area contributed by atoms with E-state index in [0.717, 1.165) is 11.3 Å². The van der Waals surface area contributed by atoms with Crippen molar-refractivity contribution in [1.29, 1.82) is 0 Å². The monoisotopic (exact) mass is 315 g/mol. The van der Waals surface area contributed by atoms with Gasteiger partial charge in [-0.15, -0.1) is 0 Å². The fourth-order valence-corrected chi connectivity index (χ4v) is 2.00. The Kier molecular flexibility index (Phi) is 5.51. The molecule has 1 aromatic heterocycles. The molecule has 0 fully saturated rings. The number of hydrogen-bond donors (Lipinski definition) is 1. The molecular weight excluding hydrogens is 294 g/mol. The zero-order valence-electron chi connectivity index (χ0n) is 13.6.